The predicted molar refractivity (Wildman–Crippen MR) is 100 cm³/mol. The Hall–Kier alpha value is -3.70. The SMILES string of the molecule is CCOC(=O)C1CCCN(c2ncnc(NNC(=O)c3ccco3)c2[N+](=O)[O-])C1. The lowest BCUT2D eigenvalue weighted by atomic mass is 9.98. The summed E-state index contributed by atoms with van der Waals surface area (Å²) in [5.74, 6) is -1.44. The molecule has 2 aromatic heterocycles. The maximum absolute atomic E-state index is 12.1. The second-order valence-corrected chi connectivity index (χ2v) is 6.25. The zero-order valence-electron chi connectivity index (χ0n) is 15.7. The number of amides is 1. The molecule has 2 N–H and O–H groups in total. The number of aromatic nitrogens is 2. The minimum absolute atomic E-state index is 0.0303. The van der Waals surface area contributed by atoms with E-state index in [2.05, 4.69) is 20.8 Å². The number of nitrogens with one attached hydrogen (secondary N) is 2. The molecule has 0 bridgehead atoms. The van der Waals surface area contributed by atoms with E-state index in [9.17, 15) is 19.7 Å². The molecule has 0 spiro atoms. The van der Waals surface area contributed by atoms with Gasteiger partial charge >= 0.3 is 17.6 Å². The van der Waals surface area contributed by atoms with Gasteiger partial charge in [-0.25, -0.2) is 9.97 Å². The highest BCUT2D eigenvalue weighted by Gasteiger charge is 2.33. The van der Waals surface area contributed by atoms with E-state index in [0.29, 0.717) is 19.4 Å². The van der Waals surface area contributed by atoms with Crippen LogP contribution in [0.2, 0.25) is 0 Å². The molecule has 29 heavy (non-hydrogen) atoms. The van der Waals surface area contributed by atoms with Crippen LogP contribution in [-0.4, -0.2) is 46.5 Å². The van der Waals surface area contributed by atoms with Gasteiger partial charge in [-0.15, -0.1) is 0 Å². The molecule has 1 atom stereocenters. The van der Waals surface area contributed by atoms with Crippen molar-refractivity contribution in [2.24, 2.45) is 5.92 Å². The largest absolute Gasteiger partial charge is 0.466 e. The number of carbonyl (C=O) groups excluding carboxylic acids is 2. The fourth-order valence-corrected chi connectivity index (χ4v) is 3.07. The van der Waals surface area contributed by atoms with Crippen molar-refractivity contribution in [3.05, 3.63) is 40.6 Å². The number of hydrogen-bond acceptors (Lipinski definition) is 10. The lowest BCUT2D eigenvalue weighted by Crippen LogP contribution is -2.40. The van der Waals surface area contributed by atoms with Crippen LogP contribution in [0.1, 0.15) is 30.3 Å². The van der Waals surface area contributed by atoms with Crippen molar-refractivity contribution in [2.45, 2.75) is 19.8 Å². The second-order valence-electron chi connectivity index (χ2n) is 6.25. The molecule has 0 radical (unpaired) electrons. The Morgan fingerprint density at radius 1 is 1.45 bits per heavy atom. The van der Waals surface area contributed by atoms with Gasteiger partial charge in [0.2, 0.25) is 11.6 Å². The van der Waals surface area contributed by atoms with Crippen molar-refractivity contribution in [1.29, 1.82) is 0 Å². The molecule has 1 aliphatic heterocycles. The number of rotatable bonds is 7. The first-order valence-electron chi connectivity index (χ1n) is 9.02. The summed E-state index contributed by atoms with van der Waals surface area (Å²) in [5.41, 5.74) is 4.34. The fourth-order valence-electron chi connectivity index (χ4n) is 3.07. The van der Waals surface area contributed by atoms with Crippen molar-refractivity contribution in [3.8, 4) is 0 Å². The Morgan fingerprint density at radius 3 is 2.97 bits per heavy atom. The topological polar surface area (TPSA) is 153 Å². The van der Waals surface area contributed by atoms with Gasteiger partial charge in [0.05, 0.1) is 23.7 Å². The van der Waals surface area contributed by atoms with Crippen molar-refractivity contribution in [1.82, 2.24) is 15.4 Å². The van der Waals surface area contributed by atoms with Crippen LogP contribution in [0, 0.1) is 16.0 Å². The summed E-state index contributed by atoms with van der Waals surface area (Å²) >= 11 is 0. The van der Waals surface area contributed by atoms with Gasteiger partial charge in [-0.2, -0.15) is 0 Å². The third-order valence-corrected chi connectivity index (χ3v) is 4.37. The molecule has 0 aliphatic carbocycles. The van der Waals surface area contributed by atoms with E-state index in [0.717, 1.165) is 6.33 Å². The summed E-state index contributed by atoms with van der Waals surface area (Å²) < 4.78 is 10.0. The number of furan rings is 1. The van der Waals surface area contributed by atoms with E-state index in [1.54, 1.807) is 11.8 Å². The van der Waals surface area contributed by atoms with Gasteiger partial charge in [0.15, 0.2) is 5.76 Å². The lowest BCUT2D eigenvalue weighted by molar-refractivity contribution is -0.383. The summed E-state index contributed by atoms with van der Waals surface area (Å²) in [5, 5.41) is 11.7. The van der Waals surface area contributed by atoms with Crippen LogP contribution in [0.15, 0.2) is 29.1 Å². The van der Waals surface area contributed by atoms with Gasteiger partial charge in [-0.1, -0.05) is 0 Å². The van der Waals surface area contributed by atoms with E-state index in [-0.39, 0.29) is 36.5 Å². The molecule has 3 heterocycles. The third-order valence-electron chi connectivity index (χ3n) is 4.37. The van der Waals surface area contributed by atoms with Crippen molar-refractivity contribution >= 4 is 29.2 Å². The Balaban J connectivity index is 1.80. The minimum Gasteiger partial charge on any atom is -0.466 e. The van der Waals surface area contributed by atoms with E-state index in [1.165, 1.54) is 18.4 Å². The first kappa shape index (κ1) is 20.0. The molecule has 1 saturated heterocycles. The quantitative estimate of drug-likeness (QED) is 0.394. The van der Waals surface area contributed by atoms with Gasteiger partial charge in [0, 0.05) is 13.1 Å². The maximum atomic E-state index is 12.1. The number of piperidine rings is 1. The summed E-state index contributed by atoms with van der Waals surface area (Å²) in [7, 11) is 0. The average Bonchev–Trinajstić information content (AvgIpc) is 3.27. The van der Waals surface area contributed by atoms with Crippen LogP contribution in [0.3, 0.4) is 0 Å². The Bertz CT molecular complexity index is 887. The molecule has 154 valence electrons. The molecule has 0 aromatic carbocycles. The van der Waals surface area contributed by atoms with Crippen LogP contribution < -0.4 is 15.8 Å². The van der Waals surface area contributed by atoms with E-state index < -0.39 is 22.4 Å². The van der Waals surface area contributed by atoms with Crippen molar-refractivity contribution in [2.75, 3.05) is 30.0 Å². The van der Waals surface area contributed by atoms with Crippen LogP contribution in [-0.2, 0) is 9.53 Å². The lowest BCUT2D eigenvalue weighted by Gasteiger charge is -2.32. The first-order chi connectivity index (χ1) is 14.0. The molecule has 2 aromatic rings. The van der Waals surface area contributed by atoms with Gasteiger partial charge in [-0.05, 0) is 31.9 Å². The van der Waals surface area contributed by atoms with Crippen LogP contribution in [0.5, 0.6) is 0 Å². The number of hydrogen-bond donors (Lipinski definition) is 2. The van der Waals surface area contributed by atoms with Crippen LogP contribution >= 0.6 is 0 Å². The normalized spacial score (nSPS) is 16.2. The first-order valence-corrected chi connectivity index (χ1v) is 9.02. The third kappa shape index (κ3) is 4.59. The highest BCUT2D eigenvalue weighted by atomic mass is 16.6. The predicted octanol–water partition coefficient (Wildman–Crippen LogP) is 1.51. The van der Waals surface area contributed by atoms with Gasteiger partial charge in [0.1, 0.15) is 6.33 Å². The number of esters is 1. The number of nitrogens with zero attached hydrogens (tertiary/aromatic N) is 4. The molecule has 12 nitrogen and oxygen atoms in total. The average molecular weight is 404 g/mol. The van der Waals surface area contributed by atoms with E-state index >= 15 is 0 Å². The number of anilines is 2. The monoisotopic (exact) mass is 404 g/mol. The standard InChI is InChI=1S/C17H20N6O6/c1-2-28-17(25)11-5-3-7-22(9-11)15-13(23(26)27)14(18-10-19-15)20-21-16(24)12-6-4-8-29-12/h4,6,8,10-11H,2-3,5,7,9H2,1H3,(H,21,24)(H,18,19,20). The molecule has 0 saturated carbocycles. The Morgan fingerprint density at radius 2 is 2.28 bits per heavy atom. The van der Waals surface area contributed by atoms with Crippen molar-refractivity contribution < 1.29 is 23.7 Å². The summed E-state index contributed by atoms with van der Waals surface area (Å²) in [4.78, 5) is 44.7. The van der Waals surface area contributed by atoms with Crippen LogP contribution in [0.4, 0.5) is 17.3 Å². The molecule has 1 fully saturated rings. The molecule has 1 unspecified atom stereocenters. The van der Waals surface area contributed by atoms with Gasteiger partial charge in [-0.3, -0.25) is 30.6 Å². The van der Waals surface area contributed by atoms with Gasteiger partial charge in [0.25, 0.3) is 0 Å². The molecule has 3 rings (SSSR count). The number of hydrazine groups is 1. The fraction of sp³-hybridized carbons (Fsp3) is 0.412. The van der Waals surface area contributed by atoms with Crippen molar-refractivity contribution in [3.63, 3.8) is 0 Å². The zero-order chi connectivity index (χ0) is 20.8. The zero-order valence-corrected chi connectivity index (χ0v) is 15.7. The Kier molecular flexibility index (Phi) is 6.22. The molecular weight excluding hydrogens is 384 g/mol. The highest BCUT2D eigenvalue weighted by Crippen LogP contribution is 2.34. The maximum Gasteiger partial charge on any atom is 0.355 e. The van der Waals surface area contributed by atoms with E-state index in [1.807, 2.05) is 0 Å². The molecule has 1 aliphatic rings. The molecule has 1 amide bonds. The summed E-state index contributed by atoms with van der Waals surface area (Å²) in [6.45, 7) is 2.73. The number of carbonyl (C=O) groups is 2. The highest BCUT2D eigenvalue weighted by molar-refractivity contribution is 5.92. The van der Waals surface area contributed by atoms with Gasteiger partial charge < -0.3 is 14.1 Å². The second kappa shape index (κ2) is 8.99. The minimum atomic E-state index is -0.634. The van der Waals surface area contributed by atoms with E-state index in [4.69, 9.17) is 9.15 Å². The summed E-state index contributed by atoms with van der Waals surface area (Å²) in [6.07, 6.45) is 3.77. The molecule has 12 heteroatoms. The number of ether oxygens (including phenoxy) is 1. The van der Waals surface area contributed by atoms with Crippen LogP contribution in [0.25, 0.3) is 0 Å². The smallest absolute Gasteiger partial charge is 0.355 e. The molecular formula is C17H20N6O6. The summed E-state index contributed by atoms with van der Waals surface area (Å²) in [6, 6.07) is 2.98. The Labute approximate surface area is 165 Å². The number of nitro groups is 1.